The fourth-order valence-electron chi connectivity index (χ4n) is 12.9. The third kappa shape index (κ3) is 15.1. The molecule has 3 saturated heterocycles. The first kappa shape index (κ1) is 56.9. The monoisotopic (exact) mass is 922 g/mol. The summed E-state index contributed by atoms with van der Waals surface area (Å²) in [6.07, 6.45) is 29.6. The molecule has 3 aliphatic heterocycles. The lowest BCUT2D eigenvalue weighted by Gasteiger charge is -2.56. The first-order chi connectivity index (χ1) is 30.8. The number of piperidine rings is 3. The first-order valence-electron chi connectivity index (χ1n) is 28.1. The minimum atomic E-state index is 0.0503. The average molecular weight is 923 g/mol. The van der Waals surface area contributed by atoms with Crippen LogP contribution in [0.4, 0.5) is 17.8 Å². The van der Waals surface area contributed by atoms with Crippen molar-refractivity contribution in [3.63, 3.8) is 0 Å². The Morgan fingerprint density at radius 1 is 0.333 bits per heavy atom. The molecule has 0 radical (unpaired) electrons. The molecular formula is C57H111N9. The highest BCUT2D eigenvalue weighted by Gasteiger charge is 2.49. The third-order valence-corrected chi connectivity index (χ3v) is 17.8. The minimum absolute atomic E-state index is 0.0503. The lowest BCUT2D eigenvalue weighted by Crippen LogP contribution is -2.63. The molecule has 0 spiro atoms. The molecule has 0 bridgehead atoms. The molecule has 0 aliphatic carbocycles. The molecule has 0 amide bonds. The Hall–Kier alpha value is -1.71. The maximum absolute atomic E-state index is 5.86. The Labute approximate surface area is 410 Å². The zero-order valence-electron chi connectivity index (χ0n) is 47.3. The molecule has 0 unspecified atom stereocenters. The van der Waals surface area contributed by atoms with Crippen molar-refractivity contribution in [2.75, 3.05) is 55.5 Å². The molecule has 0 aromatic carbocycles. The summed E-state index contributed by atoms with van der Waals surface area (Å²) in [7, 11) is 7.05. The zero-order valence-corrected chi connectivity index (χ0v) is 47.3. The van der Waals surface area contributed by atoms with E-state index in [1.165, 1.54) is 116 Å². The number of likely N-dealkylation sites (tertiary alicyclic amines) is 3. The van der Waals surface area contributed by atoms with Crippen molar-refractivity contribution in [2.45, 2.75) is 309 Å². The number of hydrogen-bond acceptors (Lipinski definition) is 9. The molecule has 4 rings (SSSR count). The van der Waals surface area contributed by atoms with Gasteiger partial charge in [0.1, 0.15) is 0 Å². The molecule has 3 aliphatic rings. The fraction of sp³-hybridized carbons (Fsp3) is 0.947. The molecular weight excluding hydrogens is 811 g/mol. The molecule has 4 heterocycles. The van der Waals surface area contributed by atoms with Gasteiger partial charge in [0.15, 0.2) is 0 Å². The normalized spacial score (nSPS) is 22.5. The van der Waals surface area contributed by atoms with Crippen molar-refractivity contribution >= 4 is 17.8 Å². The van der Waals surface area contributed by atoms with Gasteiger partial charge >= 0.3 is 0 Å². The van der Waals surface area contributed by atoms with Crippen LogP contribution in [0.5, 0.6) is 0 Å². The molecule has 1 aromatic rings. The van der Waals surface area contributed by atoms with E-state index in [0.29, 0.717) is 18.1 Å². The van der Waals surface area contributed by atoms with E-state index in [9.17, 15) is 0 Å². The average Bonchev–Trinajstić information content (AvgIpc) is 3.22. The van der Waals surface area contributed by atoms with E-state index in [1.54, 1.807) is 0 Å². The van der Waals surface area contributed by atoms with Crippen molar-refractivity contribution < 1.29 is 0 Å². The smallest absolute Gasteiger partial charge is 0.232 e. The van der Waals surface area contributed by atoms with Gasteiger partial charge in [-0.25, -0.2) is 0 Å². The van der Waals surface area contributed by atoms with Gasteiger partial charge in [0.2, 0.25) is 17.8 Å². The molecule has 0 saturated carbocycles. The fourth-order valence-corrected chi connectivity index (χ4v) is 12.9. The lowest BCUT2D eigenvalue weighted by molar-refractivity contribution is -0.0130. The Balaban J connectivity index is 1.97. The van der Waals surface area contributed by atoms with Crippen molar-refractivity contribution in [1.82, 2.24) is 29.7 Å². The van der Waals surface area contributed by atoms with Gasteiger partial charge in [0.25, 0.3) is 0 Å². The van der Waals surface area contributed by atoms with Crippen LogP contribution < -0.4 is 14.7 Å². The van der Waals surface area contributed by atoms with E-state index >= 15 is 0 Å². The summed E-state index contributed by atoms with van der Waals surface area (Å²) in [4.78, 5) is 33.7. The van der Waals surface area contributed by atoms with E-state index in [1.807, 2.05) is 0 Å². The van der Waals surface area contributed by atoms with Crippen LogP contribution in [0.3, 0.4) is 0 Å². The number of nitrogens with zero attached hydrogens (tertiary/aromatic N) is 9. The quantitative estimate of drug-likeness (QED) is 0.0803. The van der Waals surface area contributed by atoms with Crippen LogP contribution in [0.15, 0.2) is 0 Å². The summed E-state index contributed by atoms with van der Waals surface area (Å²) in [6.45, 7) is 39.5. The second-order valence-corrected chi connectivity index (χ2v) is 25.9. The van der Waals surface area contributed by atoms with Crippen molar-refractivity contribution in [3.05, 3.63) is 0 Å². The topological polar surface area (TPSA) is 58.1 Å². The van der Waals surface area contributed by atoms with Crippen LogP contribution in [0, 0.1) is 0 Å². The van der Waals surface area contributed by atoms with Gasteiger partial charge in [-0.05, 0) is 162 Å². The lowest BCUT2D eigenvalue weighted by atomic mass is 9.77. The standard InChI is InChI=1S/C57H111N9/c1-19-22-25-28-31-34-37-64(46-40-52(4,5)61(16)53(6,7)41-46)49-58-50(65(38-35-32-29-26-23-20-2)47-42-54(8,9)62(17)55(10,11)43-47)60-51(59-49)66(39-36-33-30-27-24-21-3)48-44-56(12,13)63(18)57(14,15)45-48/h46-48H,19-45H2,1-18H3. The van der Waals surface area contributed by atoms with Gasteiger partial charge in [-0.15, -0.1) is 0 Å². The first-order valence-corrected chi connectivity index (χ1v) is 28.1. The molecule has 3 fully saturated rings. The van der Waals surface area contributed by atoms with E-state index in [0.717, 1.165) is 76.0 Å². The van der Waals surface area contributed by atoms with Crippen LogP contribution in [0.25, 0.3) is 0 Å². The highest BCUT2D eigenvalue weighted by atomic mass is 15.4. The molecule has 0 atom stereocenters. The van der Waals surface area contributed by atoms with Gasteiger partial charge in [0, 0.05) is 71.0 Å². The summed E-state index contributed by atoms with van der Waals surface area (Å²) < 4.78 is 0. The number of rotatable bonds is 27. The molecule has 384 valence electrons. The Bertz CT molecular complexity index is 1320. The van der Waals surface area contributed by atoms with E-state index in [4.69, 9.17) is 15.0 Å². The van der Waals surface area contributed by atoms with Gasteiger partial charge in [-0.3, -0.25) is 14.7 Å². The van der Waals surface area contributed by atoms with Crippen LogP contribution in [0.2, 0.25) is 0 Å². The van der Waals surface area contributed by atoms with Crippen LogP contribution in [-0.4, -0.2) is 122 Å². The Morgan fingerprint density at radius 3 is 0.712 bits per heavy atom. The number of anilines is 3. The second-order valence-electron chi connectivity index (χ2n) is 25.9. The van der Waals surface area contributed by atoms with Gasteiger partial charge in [-0.2, -0.15) is 15.0 Å². The van der Waals surface area contributed by atoms with E-state index < -0.39 is 0 Å². The molecule has 9 heteroatoms. The SMILES string of the molecule is CCCCCCCCN(c1nc(N(CCCCCCCC)C2CC(C)(C)N(C)C(C)(C)C2)nc(N(CCCCCCCC)C2CC(C)(C)N(C)C(C)(C)C2)n1)C1CC(C)(C)N(C)C(C)(C)C1. The molecule has 9 nitrogen and oxygen atoms in total. The van der Waals surface area contributed by atoms with Gasteiger partial charge < -0.3 is 14.7 Å². The van der Waals surface area contributed by atoms with Crippen molar-refractivity contribution in [1.29, 1.82) is 0 Å². The minimum Gasteiger partial charge on any atom is -0.338 e. The van der Waals surface area contributed by atoms with Gasteiger partial charge in [0.05, 0.1) is 0 Å². The van der Waals surface area contributed by atoms with Crippen LogP contribution in [0.1, 0.15) is 258 Å². The van der Waals surface area contributed by atoms with Crippen molar-refractivity contribution in [3.8, 4) is 0 Å². The summed E-state index contributed by atoms with van der Waals surface area (Å²) in [5.74, 6) is 2.80. The molecule has 1 aromatic heterocycles. The van der Waals surface area contributed by atoms with E-state index in [2.05, 4.69) is 154 Å². The summed E-state index contributed by atoms with van der Waals surface area (Å²) in [5, 5.41) is 0. The Kier molecular flexibility index (Phi) is 21.0. The summed E-state index contributed by atoms with van der Waals surface area (Å²) in [5.41, 5.74) is 0.302. The Morgan fingerprint density at radius 2 is 0.515 bits per heavy atom. The largest absolute Gasteiger partial charge is 0.338 e. The zero-order chi connectivity index (χ0) is 49.1. The molecule has 66 heavy (non-hydrogen) atoms. The number of hydrogen-bond donors (Lipinski definition) is 0. The maximum atomic E-state index is 5.86. The number of aromatic nitrogens is 3. The van der Waals surface area contributed by atoms with Crippen molar-refractivity contribution in [2.24, 2.45) is 0 Å². The van der Waals surface area contributed by atoms with Crippen LogP contribution >= 0.6 is 0 Å². The maximum Gasteiger partial charge on any atom is 0.232 e. The summed E-state index contributed by atoms with van der Waals surface area (Å²) >= 11 is 0. The van der Waals surface area contributed by atoms with Crippen LogP contribution in [-0.2, 0) is 0 Å². The summed E-state index contributed by atoms with van der Waals surface area (Å²) in [6, 6.07) is 1.02. The second kappa shape index (κ2) is 24.4. The highest BCUT2D eigenvalue weighted by Crippen LogP contribution is 2.44. The predicted octanol–water partition coefficient (Wildman–Crippen LogP) is 14.3. The van der Waals surface area contributed by atoms with E-state index in [-0.39, 0.29) is 33.2 Å². The third-order valence-electron chi connectivity index (χ3n) is 17.8. The number of unbranched alkanes of at least 4 members (excludes halogenated alkanes) is 15. The molecule has 0 N–H and O–H groups in total. The highest BCUT2D eigenvalue weighted by molar-refractivity contribution is 5.49. The van der Waals surface area contributed by atoms with Gasteiger partial charge in [-0.1, -0.05) is 117 Å². The predicted molar refractivity (Wildman–Crippen MR) is 289 cm³/mol.